The van der Waals surface area contributed by atoms with E-state index >= 15 is 0 Å². The monoisotopic (exact) mass is 318 g/mol. The summed E-state index contributed by atoms with van der Waals surface area (Å²) in [5.41, 5.74) is 1.78. The minimum atomic E-state index is -0.759. The number of amides is 2. The van der Waals surface area contributed by atoms with Crippen LogP contribution >= 0.6 is 0 Å². The third kappa shape index (κ3) is 5.30. The van der Waals surface area contributed by atoms with Gasteiger partial charge in [-0.2, -0.15) is 5.10 Å². The molecule has 2 aromatic rings. The van der Waals surface area contributed by atoms with Gasteiger partial charge in [-0.05, 0) is 29.7 Å². The van der Waals surface area contributed by atoms with Crippen LogP contribution in [0, 0.1) is 0 Å². The van der Waals surface area contributed by atoms with Crippen LogP contribution in [0.5, 0.6) is 5.75 Å². The van der Waals surface area contributed by atoms with Crippen molar-refractivity contribution in [3.63, 3.8) is 0 Å². The summed E-state index contributed by atoms with van der Waals surface area (Å²) in [6.45, 7) is 0.654. The molecule has 0 saturated heterocycles. The average molecular weight is 318 g/mol. The molecule has 7 nitrogen and oxygen atoms in total. The number of carbonyl (C=O) groups is 1. The fourth-order valence-corrected chi connectivity index (χ4v) is 2.12. The van der Waals surface area contributed by atoms with Crippen LogP contribution in [-0.4, -0.2) is 41.1 Å². The number of ether oxygens (including phenoxy) is 1. The van der Waals surface area contributed by atoms with E-state index in [1.54, 1.807) is 42.3 Å². The number of carbonyl (C=O) groups excluding carboxylic acids is 1. The molecule has 0 fully saturated rings. The summed E-state index contributed by atoms with van der Waals surface area (Å²) in [6.07, 6.45) is 3.63. The number of urea groups is 1. The molecular formula is C16H22N4O3. The van der Waals surface area contributed by atoms with E-state index in [4.69, 9.17) is 4.74 Å². The van der Waals surface area contributed by atoms with Crippen molar-refractivity contribution >= 4 is 6.03 Å². The molecule has 0 spiro atoms. The maximum atomic E-state index is 11.7. The third-order valence-corrected chi connectivity index (χ3v) is 3.41. The van der Waals surface area contributed by atoms with Crippen molar-refractivity contribution in [3.8, 4) is 5.75 Å². The second-order valence-electron chi connectivity index (χ2n) is 5.20. The lowest BCUT2D eigenvalue weighted by Gasteiger charge is -2.13. The van der Waals surface area contributed by atoms with Crippen molar-refractivity contribution in [1.82, 2.24) is 20.4 Å². The number of hydrogen-bond acceptors (Lipinski definition) is 4. The van der Waals surface area contributed by atoms with Crippen LogP contribution in [0.2, 0.25) is 0 Å². The minimum Gasteiger partial charge on any atom is -0.497 e. The molecule has 2 rings (SSSR count). The van der Waals surface area contributed by atoms with Gasteiger partial charge in [-0.3, -0.25) is 4.68 Å². The first kappa shape index (κ1) is 16.8. The predicted molar refractivity (Wildman–Crippen MR) is 86.3 cm³/mol. The zero-order chi connectivity index (χ0) is 16.7. The Morgan fingerprint density at radius 3 is 2.70 bits per heavy atom. The van der Waals surface area contributed by atoms with Crippen molar-refractivity contribution in [2.24, 2.45) is 7.05 Å². The van der Waals surface area contributed by atoms with Crippen molar-refractivity contribution in [2.75, 3.05) is 20.2 Å². The lowest BCUT2D eigenvalue weighted by atomic mass is 10.1. The molecule has 0 bridgehead atoms. The molecule has 0 saturated carbocycles. The molecule has 7 heteroatoms. The van der Waals surface area contributed by atoms with Gasteiger partial charge in [0, 0.05) is 26.3 Å². The zero-order valence-electron chi connectivity index (χ0n) is 13.3. The molecule has 1 unspecified atom stereocenters. The highest BCUT2D eigenvalue weighted by Crippen LogP contribution is 2.16. The van der Waals surface area contributed by atoms with E-state index in [1.807, 2.05) is 13.2 Å². The molecular weight excluding hydrogens is 296 g/mol. The Bertz CT molecular complexity index is 625. The maximum Gasteiger partial charge on any atom is 0.314 e. The topological polar surface area (TPSA) is 88.4 Å². The Balaban J connectivity index is 1.68. The predicted octanol–water partition coefficient (Wildman–Crippen LogP) is 1.00. The first-order valence-electron chi connectivity index (χ1n) is 7.39. The largest absolute Gasteiger partial charge is 0.497 e. The van der Waals surface area contributed by atoms with Gasteiger partial charge in [-0.1, -0.05) is 12.1 Å². The number of aliphatic hydroxyl groups excluding tert-OH is 1. The van der Waals surface area contributed by atoms with Crippen LogP contribution < -0.4 is 15.4 Å². The Morgan fingerprint density at radius 2 is 2.09 bits per heavy atom. The first-order valence-corrected chi connectivity index (χ1v) is 7.39. The number of rotatable bonds is 7. The SMILES string of the molecule is COc1ccc(C(O)CNC(=O)NCCc2cnn(C)c2)cc1. The van der Waals surface area contributed by atoms with Crippen LogP contribution in [0.3, 0.4) is 0 Å². The van der Waals surface area contributed by atoms with Gasteiger partial charge in [0.05, 0.1) is 19.4 Å². The number of aryl methyl sites for hydroxylation is 1. The van der Waals surface area contributed by atoms with Crippen molar-refractivity contribution in [2.45, 2.75) is 12.5 Å². The second-order valence-corrected chi connectivity index (χ2v) is 5.20. The molecule has 0 aliphatic carbocycles. The summed E-state index contributed by atoms with van der Waals surface area (Å²) in [7, 11) is 3.44. The molecule has 1 atom stereocenters. The molecule has 0 radical (unpaired) electrons. The van der Waals surface area contributed by atoms with Gasteiger partial charge < -0.3 is 20.5 Å². The van der Waals surface area contributed by atoms with E-state index in [1.165, 1.54) is 0 Å². The van der Waals surface area contributed by atoms with Gasteiger partial charge in [0.15, 0.2) is 0 Å². The van der Waals surface area contributed by atoms with Crippen molar-refractivity contribution in [3.05, 3.63) is 47.8 Å². The lowest BCUT2D eigenvalue weighted by molar-refractivity contribution is 0.173. The van der Waals surface area contributed by atoms with Crippen molar-refractivity contribution in [1.29, 1.82) is 0 Å². The molecule has 0 aliphatic heterocycles. The summed E-state index contributed by atoms with van der Waals surface area (Å²) in [5.74, 6) is 0.724. The van der Waals surface area contributed by atoms with E-state index in [9.17, 15) is 9.90 Å². The van der Waals surface area contributed by atoms with Gasteiger partial charge >= 0.3 is 6.03 Å². The first-order chi connectivity index (χ1) is 11.1. The summed E-state index contributed by atoms with van der Waals surface area (Å²) in [5, 5.41) is 19.5. The summed E-state index contributed by atoms with van der Waals surface area (Å²) >= 11 is 0. The number of nitrogens with zero attached hydrogens (tertiary/aromatic N) is 2. The molecule has 23 heavy (non-hydrogen) atoms. The van der Waals surface area contributed by atoms with Gasteiger partial charge in [0.1, 0.15) is 5.75 Å². The number of benzene rings is 1. The highest BCUT2D eigenvalue weighted by molar-refractivity contribution is 5.73. The van der Waals surface area contributed by atoms with Gasteiger partial charge in [-0.15, -0.1) is 0 Å². The zero-order valence-corrected chi connectivity index (χ0v) is 13.3. The van der Waals surface area contributed by atoms with E-state index in [-0.39, 0.29) is 12.6 Å². The van der Waals surface area contributed by atoms with Gasteiger partial charge in [0.25, 0.3) is 0 Å². The number of nitrogens with one attached hydrogen (secondary N) is 2. The molecule has 1 aromatic carbocycles. The normalized spacial score (nSPS) is 11.8. The molecule has 0 aliphatic rings. The fraction of sp³-hybridized carbons (Fsp3) is 0.375. The molecule has 3 N–H and O–H groups in total. The fourth-order valence-electron chi connectivity index (χ4n) is 2.12. The van der Waals surface area contributed by atoms with E-state index in [0.717, 1.165) is 16.9 Å². The Morgan fingerprint density at radius 1 is 1.35 bits per heavy atom. The average Bonchev–Trinajstić information content (AvgIpc) is 2.98. The molecule has 1 heterocycles. The Hall–Kier alpha value is -2.54. The highest BCUT2D eigenvalue weighted by Gasteiger charge is 2.09. The number of methoxy groups -OCH3 is 1. The summed E-state index contributed by atoms with van der Waals surface area (Å²) in [4.78, 5) is 11.7. The van der Waals surface area contributed by atoms with Gasteiger partial charge in [0.2, 0.25) is 0 Å². The van der Waals surface area contributed by atoms with Crippen LogP contribution in [0.4, 0.5) is 4.79 Å². The summed E-state index contributed by atoms with van der Waals surface area (Å²) < 4.78 is 6.78. The molecule has 1 aromatic heterocycles. The Kier molecular flexibility index (Phi) is 5.99. The smallest absolute Gasteiger partial charge is 0.314 e. The third-order valence-electron chi connectivity index (χ3n) is 3.41. The van der Waals surface area contributed by atoms with Crippen LogP contribution in [-0.2, 0) is 13.5 Å². The molecule has 124 valence electrons. The highest BCUT2D eigenvalue weighted by atomic mass is 16.5. The van der Waals surface area contributed by atoms with Gasteiger partial charge in [-0.25, -0.2) is 4.79 Å². The van der Waals surface area contributed by atoms with Crippen molar-refractivity contribution < 1.29 is 14.6 Å². The maximum absolute atomic E-state index is 11.7. The number of aliphatic hydroxyl groups is 1. The van der Waals surface area contributed by atoms with Crippen LogP contribution in [0.25, 0.3) is 0 Å². The second kappa shape index (κ2) is 8.19. The quantitative estimate of drug-likeness (QED) is 0.711. The standard InChI is InChI=1S/C16H22N4O3/c1-20-11-12(9-19-20)7-8-17-16(22)18-10-15(21)13-3-5-14(23-2)6-4-13/h3-6,9,11,15,21H,7-8,10H2,1-2H3,(H2,17,18,22). The lowest BCUT2D eigenvalue weighted by Crippen LogP contribution is -2.38. The Labute approximate surface area is 135 Å². The number of aromatic nitrogens is 2. The van der Waals surface area contributed by atoms with Crippen LogP contribution in [0.15, 0.2) is 36.7 Å². The number of hydrogen-bond donors (Lipinski definition) is 3. The van der Waals surface area contributed by atoms with E-state index < -0.39 is 6.10 Å². The van der Waals surface area contributed by atoms with E-state index in [0.29, 0.717) is 13.0 Å². The van der Waals surface area contributed by atoms with E-state index in [2.05, 4.69) is 15.7 Å². The van der Waals surface area contributed by atoms with Crippen LogP contribution in [0.1, 0.15) is 17.2 Å². The summed E-state index contributed by atoms with van der Waals surface area (Å²) in [6, 6.07) is 6.78. The minimum absolute atomic E-state index is 0.144. The molecule has 2 amide bonds.